The summed E-state index contributed by atoms with van der Waals surface area (Å²) in [5.74, 6) is -1.85. The number of nitrogens with one attached hydrogen (secondary N) is 1. The van der Waals surface area contributed by atoms with Gasteiger partial charge in [-0.1, -0.05) is 0 Å². The van der Waals surface area contributed by atoms with E-state index in [-0.39, 0.29) is 5.69 Å². The number of aliphatic hydroxyl groups is 1. The lowest BCUT2D eigenvalue weighted by molar-refractivity contribution is -0.198. The Morgan fingerprint density at radius 3 is 2.38 bits per heavy atom. The minimum absolute atomic E-state index is 0.301. The number of rotatable bonds is 3. The van der Waals surface area contributed by atoms with Crippen molar-refractivity contribution in [2.75, 3.05) is 11.9 Å². The average molecular weight is 241 g/mol. The van der Waals surface area contributed by atoms with Crippen LogP contribution in [0.1, 0.15) is 0 Å². The van der Waals surface area contributed by atoms with E-state index in [0.29, 0.717) is 6.07 Å². The number of anilines is 1. The first kappa shape index (κ1) is 12.7. The van der Waals surface area contributed by atoms with E-state index < -0.39 is 30.5 Å². The fourth-order valence-electron chi connectivity index (χ4n) is 0.955. The lowest BCUT2D eigenvalue weighted by Gasteiger charge is -2.15. The zero-order chi connectivity index (χ0) is 12.3. The number of benzene rings is 1. The van der Waals surface area contributed by atoms with Crippen molar-refractivity contribution in [2.45, 2.75) is 12.3 Å². The molecule has 0 spiro atoms. The quantitative estimate of drug-likeness (QED) is 0.796. The van der Waals surface area contributed by atoms with E-state index in [1.54, 1.807) is 0 Å². The minimum atomic E-state index is -4.77. The van der Waals surface area contributed by atoms with Gasteiger partial charge in [-0.15, -0.1) is 0 Å². The van der Waals surface area contributed by atoms with Crippen molar-refractivity contribution >= 4 is 5.69 Å². The van der Waals surface area contributed by atoms with Crippen LogP contribution in [0.4, 0.5) is 27.6 Å². The van der Waals surface area contributed by atoms with E-state index in [2.05, 4.69) is 0 Å². The Morgan fingerprint density at radius 2 is 1.88 bits per heavy atom. The normalized spacial score (nSPS) is 13.6. The van der Waals surface area contributed by atoms with Gasteiger partial charge in [0.15, 0.2) is 6.10 Å². The Morgan fingerprint density at radius 1 is 1.25 bits per heavy atom. The third-order valence-corrected chi connectivity index (χ3v) is 1.79. The molecule has 0 bridgehead atoms. The Balaban J connectivity index is 2.62. The second-order valence-electron chi connectivity index (χ2n) is 3.06. The molecule has 1 aromatic rings. The fourth-order valence-corrected chi connectivity index (χ4v) is 0.955. The molecule has 1 rings (SSSR count). The van der Waals surface area contributed by atoms with Crippen LogP contribution in [-0.4, -0.2) is 23.9 Å². The molecule has 0 saturated heterocycles. The van der Waals surface area contributed by atoms with Gasteiger partial charge in [0.05, 0.1) is 5.69 Å². The highest BCUT2D eigenvalue weighted by atomic mass is 19.4. The summed E-state index contributed by atoms with van der Waals surface area (Å²) in [6.45, 7) is -0.897. The van der Waals surface area contributed by atoms with Gasteiger partial charge in [-0.3, -0.25) is 0 Å². The summed E-state index contributed by atoms with van der Waals surface area (Å²) in [7, 11) is 0. The Labute approximate surface area is 87.7 Å². The fraction of sp³-hybridized carbons (Fsp3) is 0.333. The van der Waals surface area contributed by atoms with Gasteiger partial charge in [-0.25, -0.2) is 8.78 Å². The second-order valence-corrected chi connectivity index (χ2v) is 3.06. The molecule has 0 saturated carbocycles. The second kappa shape index (κ2) is 4.65. The van der Waals surface area contributed by atoms with Gasteiger partial charge in [0.2, 0.25) is 0 Å². The number of aliphatic hydroxyl groups excluding tert-OH is 1. The molecule has 0 amide bonds. The highest BCUT2D eigenvalue weighted by Crippen LogP contribution is 2.21. The molecule has 7 heteroatoms. The van der Waals surface area contributed by atoms with Gasteiger partial charge >= 0.3 is 6.18 Å². The number of hydrogen-bond donors (Lipinski definition) is 2. The SMILES string of the molecule is OC(CNc1ccc(F)cc1F)C(F)(F)F. The summed E-state index contributed by atoms with van der Waals surface area (Å²) < 4.78 is 61.0. The Hall–Kier alpha value is -1.37. The van der Waals surface area contributed by atoms with Gasteiger partial charge in [0.25, 0.3) is 0 Å². The van der Waals surface area contributed by atoms with Crippen LogP contribution in [0, 0.1) is 11.6 Å². The average Bonchev–Trinajstić information content (AvgIpc) is 2.14. The first-order valence-corrected chi connectivity index (χ1v) is 4.24. The van der Waals surface area contributed by atoms with Crippen LogP contribution < -0.4 is 5.32 Å². The topological polar surface area (TPSA) is 32.3 Å². The third kappa shape index (κ3) is 3.34. The van der Waals surface area contributed by atoms with E-state index in [9.17, 15) is 22.0 Å². The lowest BCUT2D eigenvalue weighted by atomic mass is 10.2. The number of hydrogen-bond acceptors (Lipinski definition) is 2. The summed E-state index contributed by atoms with van der Waals surface area (Å²) in [6.07, 6.45) is -7.37. The molecule has 16 heavy (non-hydrogen) atoms. The molecule has 0 fully saturated rings. The predicted octanol–water partition coefficient (Wildman–Crippen LogP) is 2.30. The highest BCUT2D eigenvalue weighted by Gasteiger charge is 2.37. The van der Waals surface area contributed by atoms with Crippen molar-refractivity contribution < 1.29 is 27.1 Å². The summed E-state index contributed by atoms with van der Waals surface area (Å²) in [5, 5.41) is 10.6. The molecule has 0 heterocycles. The molecule has 1 unspecified atom stereocenters. The Bertz CT molecular complexity index is 365. The van der Waals surface area contributed by atoms with Crippen molar-refractivity contribution in [3.63, 3.8) is 0 Å². The van der Waals surface area contributed by atoms with Crippen molar-refractivity contribution in [3.8, 4) is 0 Å². The first-order chi connectivity index (χ1) is 7.30. The zero-order valence-corrected chi connectivity index (χ0v) is 7.85. The molecule has 2 nitrogen and oxygen atoms in total. The van der Waals surface area contributed by atoms with E-state index >= 15 is 0 Å². The summed E-state index contributed by atoms with van der Waals surface area (Å²) >= 11 is 0. The minimum Gasteiger partial charge on any atom is -0.382 e. The van der Waals surface area contributed by atoms with E-state index in [0.717, 1.165) is 12.1 Å². The van der Waals surface area contributed by atoms with Gasteiger partial charge in [-0.2, -0.15) is 13.2 Å². The van der Waals surface area contributed by atoms with Crippen molar-refractivity contribution in [1.82, 2.24) is 0 Å². The maximum atomic E-state index is 12.9. The van der Waals surface area contributed by atoms with E-state index in [1.165, 1.54) is 0 Å². The maximum Gasteiger partial charge on any atom is 0.416 e. The summed E-state index contributed by atoms with van der Waals surface area (Å²) in [6, 6.07) is 2.38. The molecule has 1 aromatic carbocycles. The molecular weight excluding hydrogens is 233 g/mol. The molecule has 2 N–H and O–H groups in total. The van der Waals surface area contributed by atoms with Crippen molar-refractivity contribution in [2.24, 2.45) is 0 Å². The molecule has 0 aromatic heterocycles. The predicted molar refractivity (Wildman–Crippen MR) is 46.9 cm³/mol. The standard InChI is InChI=1S/C9H8F5NO/c10-5-1-2-7(6(11)3-5)15-4-8(16)9(12,13)14/h1-3,8,15-16H,4H2. The number of alkyl halides is 3. The van der Waals surface area contributed by atoms with Crippen LogP contribution in [0.2, 0.25) is 0 Å². The molecular formula is C9H8F5NO. The molecule has 0 radical (unpaired) electrons. The van der Waals surface area contributed by atoms with E-state index in [4.69, 9.17) is 5.11 Å². The smallest absolute Gasteiger partial charge is 0.382 e. The van der Waals surface area contributed by atoms with Crippen LogP contribution in [0.3, 0.4) is 0 Å². The van der Waals surface area contributed by atoms with Gasteiger partial charge < -0.3 is 10.4 Å². The molecule has 0 aliphatic carbocycles. The van der Waals surface area contributed by atoms with Crippen LogP contribution in [-0.2, 0) is 0 Å². The number of halogens is 5. The van der Waals surface area contributed by atoms with E-state index in [1.807, 2.05) is 5.32 Å². The molecule has 90 valence electrons. The van der Waals surface area contributed by atoms with Crippen LogP contribution in [0.25, 0.3) is 0 Å². The maximum absolute atomic E-state index is 12.9. The largest absolute Gasteiger partial charge is 0.416 e. The first-order valence-electron chi connectivity index (χ1n) is 4.24. The van der Waals surface area contributed by atoms with Gasteiger partial charge in [0, 0.05) is 12.6 Å². The molecule has 0 aliphatic rings. The summed E-state index contributed by atoms with van der Waals surface area (Å²) in [5.41, 5.74) is -0.301. The lowest BCUT2D eigenvalue weighted by Crippen LogP contribution is -2.35. The van der Waals surface area contributed by atoms with Crippen LogP contribution in [0.5, 0.6) is 0 Å². The summed E-state index contributed by atoms with van der Waals surface area (Å²) in [4.78, 5) is 0. The Kier molecular flexibility index (Phi) is 3.69. The van der Waals surface area contributed by atoms with Crippen LogP contribution in [0.15, 0.2) is 18.2 Å². The molecule has 0 aliphatic heterocycles. The van der Waals surface area contributed by atoms with Gasteiger partial charge in [0.1, 0.15) is 11.6 Å². The zero-order valence-electron chi connectivity index (χ0n) is 7.85. The van der Waals surface area contributed by atoms with Crippen LogP contribution >= 0.6 is 0 Å². The monoisotopic (exact) mass is 241 g/mol. The van der Waals surface area contributed by atoms with Gasteiger partial charge in [-0.05, 0) is 12.1 Å². The molecule has 1 atom stereocenters. The third-order valence-electron chi connectivity index (χ3n) is 1.79. The highest BCUT2D eigenvalue weighted by molar-refractivity contribution is 5.44. The van der Waals surface area contributed by atoms with Crippen molar-refractivity contribution in [1.29, 1.82) is 0 Å². The van der Waals surface area contributed by atoms with Crippen molar-refractivity contribution in [3.05, 3.63) is 29.8 Å².